The third kappa shape index (κ3) is 2.88. The molecule has 1 spiro atoms. The van der Waals surface area contributed by atoms with Gasteiger partial charge in [0.05, 0.1) is 38.1 Å². The Balaban J connectivity index is 1.54. The predicted molar refractivity (Wildman–Crippen MR) is 99.9 cm³/mol. The normalized spacial score (nSPS) is 30.2. The molecule has 1 N–H and O–H groups in total. The van der Waals surface area contributed by atoms with Gasteiger partial charge in [-0.1, -0.05) is 12.2 Å². The second-order valence-corrected chi connectivity index (χ2v) is 7.17. The van der Waals surface area contributed by atoms with Gasteiger partial charge in [0.2, 0.25) is 11.8 Å². The monoisotopic (exact) mass is 388 g/mol. The molecule has 0 saturated carbocycles. The molecule has 1 aromatic carbocycles. The largest absolute Gasteiger partial charge is 0.497 e. The van der Waals surface area contributed by atoms with Crippen LogP contribution in [-0.2, 0) is 23.8 Å². The van der Waals surface area contributed by atoms with Gasteiger partial charge < -0.3 is 29.2 Å². The van der Waals surface area contributed by atoms with Crippen molar-refractivity contribution in [3.8, 4) is 5.75 Å². The van der Waals surface area contributed by atoms with E-state index in [0.717, 1.165) is 5.69 Å². The highest BCUT2D eigenvalue weighted by Gasteiger charge is 2.67. The van der Waals surface area contributed by atoms with Crippen molar-refractivity contribution in [3.63, 3.8) is 0 Å². The lowest BCUT2D eigenvalue weighted by Gasteiger charge is -2.24. The standard InChI is InChI=1S/C20H24N2O6/c1-25-13-6-4-12(5-7-13)22-11-20-9-8-14(28-20)16(17(20)19(22)24)18(23)21-10-15(26-2)27-3/h4-9,14-17H,10-11H2,1-3H3,(H,21,23)/t14-,16+,17-,20-/m0/s1. The van der Waals surface area contributed by atoms with Gasteiger partial charge in [0, 0.05) is 19.9 Å². The fourth-order valence-corrected chi connectivity index (χ4v) is 4.34. The molecule has 0 aromatic heterocycles. The lowest BCUT2D eigenvalue weighted by atomic mass is 9.77. The first-order chi connectivity index (χ1) is 13.5. The number of hydrogen-bond acceptors (Lipinski definition) is 6. The minimum absolute atomic E-state index is 0.104. The van der Waals surface area contributed by atoms with Crippen molar-refractivity contribution in [2.45, 2.75) is 18.0 Å². The van der Waals surface area contributed by atoms with E-state index in [1.165, 1.54) is 14.2 Å². The first kappa shape index (κ1) is 18.9. The van der Waals surface area contributed by atoms with Crippen LogP contribution in [0.4, 0.5) is 5.69 Å². The maximum absolute atomic E-state index is 13.2. The first-order valence-corrected chi connectivity index (χ1v) is 9.19. The van der Waals surface area contributed by atoms with Gasteiger partial charge in [-0.05, 0) is 24.3 Å². The van der Waals surface area contributed by atoms with Gasteiger partial charge in [0.1, 0.15) is 11.4 Å². The van der Waals surface area contributed by atoms with Gasteiger partial charge in [-0.15, -0.1) is 0 Å². The minimum atomic E-state index is -0.758. The molecule has 150 valence electrons. The van der Waals surface area contributed by atoms with E-state index in [9.17, 15) is 9.59 Å². The van der Waals surface area contributed by atoms with Gasteiger partial charge in [-0.3, -0.25) is 9.59 Å². The number of fused-ring (bicyclic) bond motifs is 1. The molecule has 28 heavy (non-hydrogen) atoms. The molecule has 2 bridgehead atoms. The first-order valence-electron chi connectivity index (χ1n) is 9.19. The molecule has 1 aromatic rings. The van der Waals surface area contributed by atoms with Crippen LogP contribution in [0.3, 0.4) is 0 Å². The van der Waals surface area contributed by atoms with Gasteiger partial charge in [0.15, 0.2) is 6.29 Å². The summed E-state index contributed by atoms with van der Waals surface area (Å²) in [6.07, 6.45) is 2.88. The summed E-state index contributed by atoms with van der Waals surface area (Å²) in [6, 6.07) is 7.29. The maximum atomic E-state index is 13.2. The van der Waals surface area contributed by atoms with E-state index in [1.54, 1.807) is 12.0 Å². The second kappa shape index (κ2) is 7.20. The number of rotatable bonds is 7. The molecule has 3 aliphatic heterocycles. The van der Waals surface area contributed by atoms with E-state index >= 15 is 0 Å². The average molecular weight is 388 g/mol. The summed E-state index contributed by atoms with van der Waals surface area (Å²) in [5, 5.41) is 2.82. The van der Waals surface area contributed by atoms with E-state index in [4.69, 9.17) is 18.9 Å². The summed E-state index contributed by atoms with van der Waals surface area (Å²) in [6.45, 7) is 0.591. The molecule has 2 fully saturated rings. The molecule has 0 unspecified atom stereocenters. The van der Waals surface area contributed by atoms with Crippen LogP contribution < -0.4 is 15.0 Å². The van der Waals surface area contributed by atoms with E-state index in [1.807, 2.05) is 36.4 Å². The minimum Gasteiger partial charge on any atom is -0.497 e. The molecule has 8 nitrogen and oxygen atoms in total. The van der Waals surface area contributed by atoms with Crippen molar-refractivity contribution in [2.24, 2.45) is 11.8 Å². The van der Waals surface area contributed by atoms with E-state index in [0.29, 0.717) is 12.3 Å². The maximum Gasteiger partial charge on any atom is 0.234 e. The number of hydrogen-bond donors (Lipinski definition) is 1. The van der Waals surface area contributed by atoms with Crippen LogP contribution in [0.5, 0.6) is 5.75 Å². The van der Waals surface area contributed by atoms with Crippen molar-refractivity contribution in [1.82, 2.24) is 5.32 Å². The van der Waals surface area contributed by atoms with Crippen molar-refractivity contribution in [3.05, 3.63) is 36.4 Å². The number of methoxy groups -OCH3 is 3. The van der Waals surface area contributed by atoms with Gasteiger partial charge in [-0.25, -0.2) is 0 Å². The summed E-state index contributed by atoms with van der Waals surface area (Å²) >= 11 is 0. The smallest absolute Gasteiger partial charge is 0.234 e. The predicted octanol–water partition coefficient (Wildman–Crippen LogP) is 0.717. The van der Waals surface area contributed by atoms with Gasteiger partial charge in [-0.2, -0.15) is 0 Å². The van der Waals surface area contributed by atoms with Crippen LogP contribution in [0.15, 0.2) is 36.4 Å². The van der Waals surface area contributed by atoms with Crippen LogP contribution in [0.25, 0.3) is 0 Å². The van der Waals surface area contributed by atoms with Crippen molar-refractivity contribution >= 4 is 17.5 Å². The highest BCUT2D eigenvalue weighted by molar-refractivity contribution is 6.03. The van der Waals surface area contributed by atoms with Crippen molar-refractivity contribution in [2.75, 3.05) is 39.3 Å². The Hall–Kier alpha value is -2.42. The molecule has 4 atom stereocenters. The van der Waals surface area contributed by atoms with Crippen molar-refractivity contribution < 1.29 is 28.5 Å². The third-order valence-corrected chi connectivity index (χ3v) is 5.76. The Labute approximate surface area is 163 Å². The number of nitrogens with zero attached hydrogens (tertiary/aromatic N) is 1. The quantitative estimate of drug-likeness (QED) is 0.547. The highest BCUT2D eigenvalue weighted by Crippen LogP contribution is 2.52. The molecule has 0 radical (unpaired) electrons. The van der Waals surface area contributed by atoms with Gasteiger partial charge in [0.25, 0.3) is 0 Å². The lowest BCUT2D eigenvalue weighted by Crippen LogP contribution is -2.46. The molecule has 2 saturated heterocycles. The number of anilines is 1. The zero-order chi connectivity index (χ0) is 19.9. The number of carbonyl (C=O) groups is 2. The average Bonchev–Trinajstić information content (AvgIpc) is 3.37. The molecule has 2 amide bonds. The van der Waals surface area contributed by atoms with Crippen LogP contribution in [-0.4, -0.2) is 64.2 Å². The second-order valence-electron chi connectivity index (χ2n) is 7.17. The van der Waals surface area contributed by atoms with Crippen LogP contribution in [0, 0.1) is 11.8 Å². The number of benzene rings is 1. The zero-order valence-corrected chi connectivity index (χ0v) is 16.1. The lowest BCUT2D eigenvalue weighted by molar-refractivity contribution is -0.135. The third-order valence-electron chi connectivity index (χ3n) is 5.76. The van der Waals surface area contributed by atoms with Gasteiger partial charge >= 0.3 is 0 Å². The Kier molecular flexibility index (Phi) is 4.86. The van der Waals surface area contributed by atoms with Crippen LogP contribution >= 0.6 is 0 Å². The number of amides is 2. The molecule has 8 heteroatoms. The number of ether oxygens (including phenoxy) is 4. The zero-order valence-electron chi connectivity index (χ0n) is 16.1. The topological polar surface area (TPSA) is 86.3 Å². The summed E-state index contributed by atoms with van der Waals surface area (Å²) < 4.78 is 21.5. The molecule has 0 aliphatic carbocycles. The molecule has 4 rings (SSSR count). The summed E-state index contributed by atoms with van der Waals surface area (Å²) in [5.74, 6) is -0.741. The Morgan fingerprint density at radius 1 is 1.29 bits per heavy atom. The summed E-state index contributed by atoms with van der Waals surface area (Å²) in [7, 11) is 4.61. The van der Waals surface area contributed by atoms with E-state index in [-0.39, 0.29) is 18.4 Å². The van der Waals surface area contributed by atoms with Crippen LogP contribution in [0.1, 0.15) is 0 Å². The fraction of sp³-hybridized carbons (Fsp3) is 0.500. The van der Waals surface area contributed by atoms with E-state index < -0.39 is 29.8 Å². The SMILES string of the molecule is COc1ccc(N2C[C@]34C=C[C@H](O3)[C@@H](C(=O)NCC(OC)OC)[C@H]4C2=O)cc1. The number of nitrogens with one attached hydrogen (secondary N) is 1. The Morgan fingerprint density at radius 3 is 2.64 bits per heavy atom. The molecular weight excluding hydrogens is 364 g/mol. The fourth-order valence-electron chi connectivity index (χ4n) is 4.34. The molecule has 3 heterocycles. The Bertz CT molecular complexity index is 790. The van der Waals surface area contributed by atoms with Crippen LogP contribution in [0.2, 0.25) is 0 Å². The van der Waals surface area contributed by atoms with E-state index in [2.05, 4.69) is 5.32 Å². The summed E-state index contributed by atoms with van der Waals surface area (Å²) in [4.78, 5) is 27.8. The Morgan fingerprint density at radius 2 is 2.00 bits per heavy atom. The summed E-state index contributed by atoms with van der Waals surface area (Å²) in [5.41, 5.74) is -0.000915. The van der Waals surface area contributed by atoms with Crippen molar-refractivity contribution in [1.29, 1.82) is 0 Å². The molecule has 3 aliphatic rings. The number of carbonyl (C=O) groups excluding carboxylic acids is 2. The highest BCUT2D eigenvalue weighted by atomic mass is 16.7. The molecular formula is C20H24N2O6.